The van der Waals surface area contributed by atoms with Crippen molar-refractivity contribution >= 4 is 11.9 Å². The first-order valence-electron chi connectivity index (χ1n) is 4.66. The second-order valence-corrected chi connectivity index (χ2v) is 3.48. The van der Waals surface area contributed by atoms with E-state index < -0.39 is 24.0 Å². The van der Waals surface area contributed by atoms with Crippen LogP contribution in [0.25, 0.3) is 0 Å². The van der Waals surface area contributed by atoms with Crippen molar-refractivity contribution in [2.75, 3.05) is 6.61 Å². The van der Waals surface area contributed by atoms with Gasteiger partial charge in [0.15, 0.2) is 6.04 Å². The van der Waals surface area contributed by atoms with E-state index in [1.165, 1.54) is 6.92 Å². The first kappa shape index (κ1) is 13.9. The summed E-state index contributed by atoms with van der Waals surface area (Å²) in [4.78, 5) is 21.8. The SMILES string of the molecule is CC(C)OCC(=O)NC(C(=O)O)C(C)O. The van der Waals surface area contributed by atoms with Gasteiger partial charge >= 0.3 is 5.97 Å². The molecule has 2 unspecified atom stereocenters. The summed E-state index contributed by atoms with van der Waals surface area (Å²) in [5.74, 6) is -1.83. The molecule has 0 aliphatic rings. The van der Waals surface area contributed by atoms with E-state index >= 15 is 0 Å². The number of aliphatic carboxylic acids is 1. The average molecular weight is 219 g/mol. The summed E-state index contributed by atoms with van der Waals surface area (Å²) in [7, 11) is 0. The molecule has 0 rings (SSSR count). The molecule has 0 bridgehead atoms. The Labute approximate surface area is 88.2 Å². The highest BCUT2D eigenvalue weighted by Crippen LogP contribution is 1.94. The van der Waals surface area contributed by atoms with E-state index in [4.69, 9.17) is 14.9 Å². The molecular formula is C9H17NO5. The van der Waals surface area contributed by atoms with Gasteiger partial charge in [0.25, 0.3) is 0 Å². The van der Waals surface area contributed by atoms with Crippen molar-refractivity contribution in [3.8, 4) is 0 Å². The number of rotatable bonds is 6. The predicted octanol–water partition coefficient (Wildman–Crippen LogP) is -0.638. The number of hydrogen-bond donors (Lipinski definition) is 3. The minimum absolute atomic E-state index is 0.106. The summed E-state index contributed by atoms with van der Waals surface area (Å²) in [5.41, 5.74) is 0. The zero-order valence-electron chi connectivity index (χ0n) is 9.06. The van der Waals surface area contributed by atoms with Crippen molar-refractivity contribution in [3.63, 3.8) is 0 Å². The van der Waals surface area contributed by atoms with Crippen LogP contribution in [0.15, 0.2) is 0 Å². The molecule has 0 saturated carbocycles. The molecule has 3 N–H and O–H groups in total. The molecule has 0 saturated heterocycles. The minimum Gasteiger partial charge on any atom is -0.480 e. The lowest BCUT2D eigenvalue weighted by Gasteiger charge is -2.17. The van der Waals surface area contributed by atoms with Crippen molar-refractivity contribution < 1.29 is 24.5 Å². The Kier molecular flexibility index (Phi) is 5.88. The summed E-state index contributed by atoms with van der Waals surface area (Å²) < 4.78 is 4.98. The number of carbonyl (C=O) groups excluding carboxylic acids is 1. The van der Waals surface area contributed by atoms with Gasteiger partial charge in [-0.3, -0.25) is 4.79 Å². The van der Waals surface area contributed by atoms with E-state index in [-0.39, 0.29) is 12.7 Å². The first-order valence-corrected chi connectivity index (χ1v) is 4.66. The van der Waals surface area contributed by atoms with E-state index in [0.29, 0.717) is 0 Å². The van der Waals surface area contributed by atoms with Gasteiger partial charge in [0.05, 0.1) is 12.2 Å². The second kappa shape index (κ2) is 6.36. The standard InChI is InChI=1S/C9H17NO5/c1-5(2)15-4-7(12)10-8(6(3)11)9(13)14/h5-6,8,11H,4H2,1-3H3,(H,10,12)(H,13,14). The lowest BCUT2D eigenvalue weighted by molar-refractivity contribution is -0.145. The van der Waals surface area contributed by atoms with Crippen LogP contribution in [0.1, 0.15) is 20.8 Å². The highest BCUT2D eigenvalue weighted by Gasteiger charge is 2.24. The highest BCUT2D eigenvalue weighted by molar-refractivity contribution is 5.84. The molecule has 6 heteroatoms. The van der Waals surface area contributed by atoms with Crippen LogP contribution >= 0.6 is 0 Å². The van der Waals surface area contributed by atoms with Gasteiger partial charge < -0.3 is 20.3 Å². The van der Waals surface area contributed by atoms with E-state index in [0.717, 1.165) is 0 Å². The van der Waals surface area contributed by atoms with E-state index in [1.807, 2.05) is 0 Å². The van der Waals surface area contributed by atoms with Crippen molar-refractivity contribution in [1.29, 1.82) is 0 Å². The van der Waals surface area contributed by atoms with Gasteiger partial charge in [0.1, 0.15) is 6.61 Å². The summed E-state index contributed by atoms with van der Waals surface area (Å²) in [6.45, 7) is 4.60. The van der Waals surface area contributed by atoms with Crippen LogP contribution < -0.4 is 5.32 Å². The summed E-state index contributed by atoms with van der Waals surface area (Å²) >= 11 is 0. The number of ether oxygens (including phenoxy) is 1. The number of aliphatic hydroxyl groups excluding tert-OH is 1. The third-order valence-corrected chi connectivity index (χ3v) is 1.61. The van der Waals surface area contributed by atoms with Gasteiger partial charge in [-0.1, -0.05) is 0 Å². The lowest BCUT2D eigenvalue weighted by Crippen LogP contribution is -2.48. The smallest absolute Gasteiger partial charge is 0.328 e. The average Bonchev–Trinajstić information content (AvgIpc) is 2.09. The molecule has 0 aromatic rings. The third-order valence-electron chi connectivity index (χ3n) is 1.61. The number of aliphatic hydroxyl groups is 1. The van der Waals surface area contributed by atoms with Crippen LogP contribution in [-0.2, 0) is 14.3 Å². The monoisotopic (exact) mass is 219 g/mol. The van der Waals surface area contributed by atoms with Crippen LogP contribution in [0.4, 0.5) is 0 Å². The minimum atomic E-state index is -1.30. The largest absolute Gasteiger partial charge is 0.480 e. The molecule has 0 aromatic carbocycles. The molecule has 0 aromatic heterocycles. The molecule has 1 amide bonds. The molecule has 0 fully saturated rings. The van der Waals surface area contributed by atoms with Gasteiger partial charge in [-0.15, -0.1) is 0 Å². The Bertz CT molecular complexity index is 227. The fourth-order valence-corrected chi connectivity index (χ4v) is 0.846. The van der Waals surface area contributed by atoms with Crippen LogP contribution in [0, 0.1) is 0 Å². The number of hydrogen-bond acceptors (Lipinski definition) is 4. The Morgan fingerprint density at radius 1 is 1.33 bits per heavy atom. The first-order chi connectivity index (χ1) is 6.84. The van der Waals surface area contributed by atoms with Gasteiger partial charge in [-0.05, 0) is 20.8 Å². The van der Waals surface area contributed by atoms with Crippen molar-refractivity contribution in [1.82, 2.24) is 5.32 Å². The zero-order chi connectivity index (χ0) is 12.0. The second-order valence-electron chi connectivity index (χ2n) is 3.48. The number of nitrogens with one attached hydrogen (secondary N) is 1. The molecule has 0 radical (unpaired) electrons. The van der Waals surface area contributed by atoms with Gasteiger partial charge in [0.2, 0.25) is 5.91 Å². The van der Waals surface area contributed by atoms with Crippen molar-refractivity contribution in [3.05, 3.63) is 0 Å². The fraction of sp³-hybridized carbons (Fsp3) is 0.778. The maximum atomic E-state index is 11.2. The molecule has 6 nitrogen and oxygen atoms in total. The maximum absolute atomic E-state index is 11.2. The lowest BCUT2D eigenvalue weighted by atomic mass is 10.2. The Balaban J connectivity index is 4.07. The number of carboxylic acids is 1. The molecule has 0 aliphatic carbocycles. The quantitative estimate of drug-likeness (QED) is 0.552. The summed E-state index contributed by atoms with van der Waals surface area (Å²) in [6.07, 6.45) is -1.25. The fourth-order valence-electron chi connectivity index (χ4n) is 0.846. The summed E-state index contributed by atoms with van der Waals surface area (Å²) in [6, 6.07) is -1.30. The number of carbonyl (C=O) groups is 2. The Morgan fingerprint density at radius 2 is 1.87 bits per heavy atom. The van der Waals surface area contributed by atoms with Gasteiger partial charge in [0, 0.05) is 0 Å². The third kappa shape index (κ3) is 6.03. The van der Waals surface area contributed by atoms with Gasteiger partial charge in [-0.2, -0.15) is 0 Å². The van der Waals surface area contributed by atoms with Gasteiger partial charge in [-0.25, -0.2) is 4.79 Å². The van der Waals surface area contributed by atoms with Crippen LogP contribution in [0.2, 0.25) is 0 Å². The van der Waals surface area contributed by atoms with E-state index in [1.54, 1.807) is 13.8 Å². The normalized spacial score (nSPS) is 14.7. The molecule has 0 heterocycles. The molecule has 0 spiro atoms. The molecular weight excluding hydrogens is 202 g/mol. The van der Waals surface area contributed by atoms with Crippen molar-refractivity contribution in [2.24, 2.45) is 0 Å². The zero-order valence-corrected chi connectivity index (χ0v) is 9.06. The molecule has 15 heavy (non-hydrogen) atoms. The van der Waals surface area contributed by atoms with Crippen LogP contribution in [-0.4, -0.2) is 46.9 Å². The number of carboxylic acid groups (broad SMARTS) is 1. The van der Waals surface area contributed by atoms with E-state index in [9.17, 15) is 9.59 Å². The Hall–Kier alpha value is -1.14. The highest BCUT2D eigenvalue weighted by atomic mass is 16.5. The van der Waals surface area contributed by atoms with Crippen LogP contribution in [0.3, 0.4) is 0 Å². The maximum Gasteiger partial charge on any atom is 0.328 e. The molecule has 88 valence electrons. The molecule has 2 atom stereocenters. The Morgan fingerprint density at radius 3 is 2.20 bits per heavy atom. The topological polar surface area (TPSA) is 95.9 Å². The summed E-state index contributed by atoms with van der Waals surface area (Å²) in [5, 5.41) is 19.9. The van der Waals surface area contributed by atoms with Crippen molar-refractivity contribution in [2.45, 2.75) is 39.0 Å². The molecule has 0 aliphatic heterocycles. The van der Waals surface area contributed by atoms with Crippen LogP contribution in [0.5, 0.6) is 0 Å². The van der Waals surface area contributed by atoms with E-state index in [2.05, 4.69) is 5.32 Å². The number of amides is 1. The predicted molar refractivity (Wildman–Crippen MR) is 52.3 cm³/mol.